The summed E-state index contributed by atoms with van der Waals surface area (Å²) in [6.45, 7) is 9.35. The Hall–Kier alpha value is -2.90. The summed E-state index contributed by atoms with van der Waals surface area (Å²) in [7, 11) is 1.75. The van der Waals surface area contributed by atoms with Crippen LogP contribution in [0, 0.1) is 5.92 Å². The van der Waals surface area contributed by atoms with Crippen LogP contribution in [0.3, 0.4) is 0 Å². The number of hydrogen-bond acceptors (Lipinski definition) is 9. The molecule has 0 spiro atoms. The second-order valence-electron chi connectivity index (χ2n) is 10.9. The van der Waals surface area contributed by atoms with E-state index in [9.17, 15) is 9.59 Å². The van der Waals surface area contributed by atoms with Crippen molar-refractivity contribution in [1.29, 1.82) is 0 Å². The summed E-state index contributed by atoms with van der Waals surface area (Å²) in [6, 6.07) is 13.6. The fourth-order valence-corrected chi connectivity index (χ4v) is 6.24. The zero-order valence-electron chi connectivity index (χ0n) is 23.0. The van der Waals surface area contributed by atoms with E-state index in [-0.39, 0.29) is 29.8 Å². The molecule has 0 radical (unpaired) electrons. The molecule has 3 unspecified atom stereocenters. The van der Waals surface area contributed by atoms with Crippen molar-refractivity contribution in [2.45, 2.75) is 18.6 Å². The molecular weight excluding hydrogens is 510 g/mol. The van der Waals surface area contributed by atoms with Gasteiger partial charge in [0.1, 0.15) is 0 Å². The fourth-order valence-electron chi connectivity index (χ4n) is 6.24. The lowest BCUT2D eigenvalue weighted by Crippen LogP contribution is -2.49. The Bertz CT molecular complexity index is 1200. The van der Waals surface area contributed by atoms with Crippen molar-refractivity contribution >= 4 is 17.5 Å². The zero-order chi connectivity index (χ0) is 27.5. The van der Waals surface area contributed by atoms with Gasteiger partial charge < -0.3 is 14.8 Å². The van der Waals surface area contributed by atoms with E-state index in [2.05, 4.69) is 55.7 Å². The summed E-state index contributed by atoms with van der Waals surface area (Å²) in [5.41, 5.74) is 14.0. The number of urea groups is 1. The van der Waals surface area contributed by atoms with Gasteiger partial charge in [-0.05, 0) is 22.8 Å². The van der Waals surface area contributed by atoms with Gasteiger partial charge in [0.25, 0.3) is 0 Å². The normalized spacial score (nSPS) is 25.5. The Morgan fingerprint density at radius 1 is 0.975 bits per heavy atom. The molecule has 11 nitrogen and oxygen atoms in total. The summed E-state index contributed by atoms with van der Waals surface area (Å²) in [4.78, 5) is 31.4. The molecule has 3 saturated heterocycles. The number of amides is 2. The third kappa shape index (κ3) is 5.77. The number of carbonyl (C=O) groups is 2. The van der Waals surface area contributed by atoms with Crippen molar-refractivity contribution < 1.29 is 19.1 Å². The molecule has 4 aliphatic rings. The van der Waals surface area contributed by atoms with Gasteiger partial charge in [0, 0.05) is 65.0 Å². The van der Waals surface area contributed by atoms with Crippen molar-refractivity contribution in [3.05, 3.63) is 64.7 Å². The molecule has 2 amide bonds. The van der Waals surface area contributed by atoms with Crippen molar-refractivity contribution in [2.75, 3.05) is 78.1 Å². The minimum Gasteiger partial charge on any atom is -0.383 e. The van der Waals surface area contributed by atoms with E-state index >= 15 is 0 Å². The lowest BCUT2D eigenvalue weighted by atomic mass is 9.89. The predicted molar refractivity (Wildman–Crippen MR) is 151 cm³/mol. The maximum Gasteiger partial charge on any atom is 0.333 e. The van der Waals surface area contributed by atoms with E-state index in [1.54, 1.807) is 13.2 Å². The molecule has 2 aromatic carbocycles. The summed E-state index contributed by atoms with van der Waals surface area (Å²) >= 11 is 0. The van der Waals surface area contributed by atoms with Crippen LogP contribution in [0.25, 0.3) is 0 Å². The highest BCUT2D eigenvalue weighted by Crippen LogP contribution is 2.47. The number of carbonyl (C=O) groups excluding carboxylic acids is 2. The molecule has 6 rings (SSSR count). The number of ketones is 1. The fraction of sp³-hybridized carbons (Fsp3) is 0.517. The van der Waals surface area contributed by atoms with Crippen LogP contribution in [0.2, 0.25) is 0 Å². The average Bonchev–Trinajstić information content (AvgIpc) is 3.54. The number of hydrogen-bond donors (Lipinski definition) is 4. The molecule has 0 bridgehead atoms. The smallest absolute Gasteiger partial charge is 0.333 e. The highest BCUT2D eigenvalue weighted by Gasteiger charge is 2.49. The van der Waals surface area contributed by atoms with Gasteiger partial charge in [-0.15, -0.1) is 0 Å². The van der Waals surface area contributed by atoms with Crippen LogP contribution in [-0.2, 0) is 16.0 Å². The Morgan fingerprint density at radius 2 is 1.70 bits per heavy atom. The number of nitrogens with zero attached hydrogens (tertiary/aromatic N) is 3. The van der Waals surface area contributed by atoms with Crippen molar-refractivity contribution in [1.82, 2.24) is 31.1 Å². The van der Waals surface area contributed by atoms with Crippen LogP contribution in [0.5, 0.6) is 0 Å². The van der Waals surface area contributed by atoms with Crippen LogP contribution in [0.1, 0.15) is 39.1 Å². The standard InChI is InChI=1S/C29H39N7O4/c1-39-16-13-34-9-11-35(12-10-34)19-20-5-7-21(8-6-20)26-25-27(32-31-26)22-3-2-4-23(24(22)28(25)37)30-29(38)33-36-14-17-40-18-15-36/h2-8,25-27,31-32H,9-19H2,1H3,(H2,30,33,38). The monoisotopic (exact) mass is 549 g/mol. The lowest BCUT2D eigenvalue weighted by Gasteiger charge is -2.34. The number of ether oxygens (including phenoxy) is 2. The minimum absolute atomic E-state index is 0.0418. The highest BCUT2D eigenvalue weighted by molar-refractivity contribution is 6.10. The number of Topliss-reactive ketones (excluding diaryl/α,β-unsaturated/α-hetero) is 1. The number of hydrazine groups is 2. The molecule has 3 atom stereocenters. The van der Waals surface area contributed by atoms with Gasteiger partial charge >= 0.3 is 6.03 Å². The highest BCUT2D eigenvalue weighted by atomic mass is 16.5. The average molecular weight is 550 g/mol. The maximum atomic E-state index is 13.8. The number of methoxy groups -OCH3 is 1. The number of morpholine rings is 1. The molecule has 1 aliphatic carbocycles. The van der Waals surface area contributed by atoms with Crippen LogP contribution in [0.4, 0.5) is 10.5 Å². The molecule has 0 saturated carbocycles. The Balaban J connectivity index is 1.09. The topological polar surface area (TPSA) is 110 Å². The van der Waals surface area contributed by atoms with Gasteiger partial charge in [-0.1, -0.05) is 36.4 Å². The van der Waals surface area contributed by atoms with E-state index in [0.29, 0.717) is 37.6 Å². The third-order valence-electron chi connectivity index (χ3n) is 8.43. The molecule has 2 aromatic rings. The SMILES string of the molecule is COCCN1CCN(Cc2ccc(C3NNC4c5cccc(NC(=O)NN6CCOCC6)c5C(=O)C34)cc2)CC1. The first-order chi connectivity index (χ1) is 19.6. The predicted octanol–water partition coefficient (Wildman–Crippen LogP) is 1.52. The van der Waals surface area contributed by atoms with Gasteiger partial charge in [0.15, 0.2) is 5.78 Å². The Kier molecular flexibility index (Phi) is 8.40. The maximum absolute atomic E-state index is 13.8. The van der Waals surface area contributed by atoms with Crippen LogP contribution in [0.15, 0.2) is 42.5 Å². The summed E-state index contributed by atoms with van der Waals surface area (Å²) < 4.78 is 10.5. The van der Waals surface area contributed by atoms with E-state index in [0.717, 1.165) is 57.0 Å². The number of rotatable bonds is 8. The van der Waals surface area contributed by atoms with Crippen LogP contribution in [-0.4, -0.2) is 99.4 Å². The largest absolute Gasteiger partial charge is 0.383 e. The van der Waals surface area contributed by atoms with Gasteiger partial charge in [-0.2, -0.15) is 0 Å². The Labute approximate surface area is 235 Å². The van der Waals surface area contributed by atoms with Crippen molar-refractivity contribution in [2.24, 2.45) is 5.92 Å². The van der Waals surface area contributed by atoms with E-state index in [1.807, 2.05) is 17.1 Å². The lowest BCUT2D eigenvalue weighted by molar-refractivity contribution is 0.0207. The van der Waals surface area contributed by atoms with E-state index in [1.165, 1.54) is 5.56 Å². The van der Waals surface area contributed by atoms with E-state index < -0.39 is 0 Å². The molecular formula is C29H39N7O4. The van der Waals surface area contributed by atoms with Gasteiger partial charge in [0.05, 0.1) is 43.5 Å². The first kappa shape index (κ1) is 27.3. The molecule has 0 aromatic heterocycles. The molecule has 3 fully saturated rings. The first-order valence-electron chi connectivity index (χ1n) is 14.2. The summed E-state index contributed by atoms with van der Waals surface area (Å²) in [5.74, 6) is -0.244. The molecule has 40 heavy (non-hydrogen) atoms. The number of piperazine rings is 1. The third-order valence-corrected chi connectivity index (χ3v) is 8.43. The number of fused-ring (bicyclic) bond motifs is 3. The van der Waals surface area contributed by atoms with Crippen LogP contribution >= 0.6 is 0 Å². The number of benzene rings is 2. The minimum atomic E-state index is -0.352. The summed E-state index contributed by atoms with van der Waals surface area (Å²) in [5, 5.41) is 4.73. The first-order valence-corrected chi connectivity index (χ1v) is 14.2. The van der Waals surface area contributed by atoms with Crippen LogP contribution < -0.4 is 21.6 Å². The number of nitrogens with one attached hydrogen (secondary N) is 4. The van der Waals surface area contributed by atoms with Gasteiger partial charge in [-0.3, -0.25) is 20.0 Å². The molecule has 3 heterocycles. The van der Waals surface area contributed by atoms with Crippen molar-refractivity contribution in [3.8, 4) is 0 Å². The van der Waals surface area contributed by atoms with Gasteiger partial charge in [-0.25, -0.2) is 20.7 Å². The summed E-state index contributed by atoms with van der Waals surface area (Å²) in [6.07, 6.45) is 0. The van der Waals surface area contributed by atoms with E-state index in [4.69, 9.17) is 9.47 Å². The zero-order valence-corrected chi connectivity index (χ0v) is 23.0. The Morgan fingerprint density at radius 3 is 2.45 bits per heavy atom. The van der Waals surface area contributed by atoms with Crippen molar-refractivity contribution in [3.63, 3.8) is 0 Å². The molecule has 4 N–H and O–H groups in total. The number of anilines is 1. The molecule has 3 aliphatic heterocycles. The quantitative estimate of drug-likeness (QED) is 0.390. The second-order valence-corrected chi connectivity index (χ2v) is 10.9. The second kappa shape index (κ2) is 12.3. The molecule has 11 heteroatoms. The molecule has 214 valence electrons. The van der Waals surface area contributed by atoms with Gasteiger partial charge in [0.2, 0.25) is 0 Å².